The van der Waals surface area contributed by atoms with Crippen LogP contribution in [-0.2, 0) is 6.42 Å². The molecule has 0 aromatic carbocycles. The Labute approximate surface area is 63.8 Å². The topological polar surface area (TPSA) is 66.2 Å². The number of hydrogen-bond acceptors (Lipinski definition) is 4. The van der Waals surface area contributed by atoms with E-state index in [1.807, 2.05) is 6.92 Å². The van der Waals surface area contributed by atoms with Crippen LogP contribution in [0.3, 0.4) is 0 Å². The van der Waals surface area contributed by atoms with Gasteiger partial charge in [0.25, 0.3) is 0 Å². The number of carbonyl (C=O) groups is 1. The van der Waals surface area contributed by atoms with Crippen LogP contribution in [0.4, 0.5) is 0 Å². The lowest BCUT2D eigenvalue weighted by Crippen LogP contribution is -2.22. The molecule has 0 fully saturated rings. The lowest BCUT2D eigenvalue weighted by atomic mass is 10.2. The predicted octanol–water partition coefficient (Wildman–Crippen LogP) is -0.00940. The molecule has 0 bridgehead atoms. The zero-order chi connectivity index (χ0) is 8.27. The fraction of sp³-hybridized carbons (Fsp3) is 0.429. The Kier molecular flexibility index (Phi) is 2.25. The molecule has 0 unspecified atom stereocenters. The molecule has 0 radical (unpaired) electrons. The molecule has 4 nitrogen and oxygen atoms in total. The number of carboxylic acids is 1. The van der Waals surface area contributed by atoms with E-state index < -0.39 is 5.97 Å². The van der Waals surface area contributed by atoms with Crippen LogP contribution in [0, 0.1) is 0 Å². The van der Waals surface area contributed by atoms with Crippen LogP contribution in [0.25, 0.3) is 0 Å². The van der Waals surface area contributed by atoms with Crippen molar-refractivity contribution in [1.82, 2.24) is 5.16 Å². The number of aryl methyl sites for hydroxylation is 1. The quantitative estimate of drug-likeness (QED) is 0.614. The van der Waals surface area contributed by atoms with E-state index >= 15 is 0 Å². The monoisotopic (exact) mass is 154 g/mol. The van der Waals surface area contributed by atoms with E-state index in [9.17, 15) is 9.90 Å². The number of aromatic nitrogens is 1. The maximum Gasteiger partial charge on any atom is 0.137 e. The molecule has 11 heavy (non-hydrogen) atoms. The molecule has 0 atom stereocenters. The van der Waals surface area contributed by atoms with Gasteiger partial charge in [-0.1, -0.05) is 12.1 Å². The third-order valence-corrected chi connectivity index (χ3v) is 1.26. The first-order chi connectivity index (χ1) is 5.24. The minimum Gasteiger partial charge on any atom is -0.543 e. The Morgan fingerprint density at radius 1 is 1.82 bits per heavy atom. The number of carbonyl (C=O) groups excluding carboxylic acids is 1. The van der Waals surface area contributed by atoms with Crippen LogP contribution in [0.2, 0.25) is 0 Å². The molecule has 0 amide bonds. The van der Waals surface area contributed by atoms with Crippen molar-refractivity contribution in [3.05, 3.63) is 17.5 Å². The van der Waals surface area contributed by atoms with Crippen LogP contribution >= 0.6 is 0 Å². The summed E-state index contributed by atoms with van der Waals surface area (Å²) in [5, 5.41) is 13.5. The van der Waals surface area contributed by atoms with Gasteiger partial charge >= 0.3 is 0 Å². The fourth-order valence-electron chi connectivity index (χ4n) is 0.773. The van der Waals surface area contributed by atoms with E-state index in [-0.39, 0.29) is 5.69 Å². The summed E-state index contributed by atoms with van der Waals surface area (Å²) in [6, 6.07) is 1.39. The van der Waals surface area contributed by atoms with Gasteiger partial charge in [0.05, 0.1) is 5.97 Å². The molecular formula is C7H8NO3-. The van der Waals surface area contributed by atoms with Gasteiger partial charge in [0.1, 0.15) is 11.5 Å². The van der Waals surface area contributed by atoms with Crippen molar-refractivity contribution in [3.8, 4) is 0 Å². The summed E-state index contributed by atoms with van der Waals surface area (Å²) in [5.74, 6) is -0.706. The second kappa shape index (κ2) is 3.18. The van der Waals surface area contributed by atoms with Crippen LogP contribution in [0.1, 0.15) is 29.6 Å². The fourth-order valence-corrected chi connectivity index (χ4v) is 0.773. The van der Waals surface area contributed by atoms with Crippen LogP contribution in [-0.4, -0.2) is 11.1 Å². The molecule has 0 spiro atoms. The second-order valence-electron chi connectivity index (χ2n) is 2.22. The SMILES string of the molecule is CCCc1cc(C(=O)[O-])no1. The van der Waals surface area contributed by atoms with Gasteiger partial charge in [0.15, 0.2) is 0 Å². The Balaban J connectivity index is 2.73. The van der Waals surface area contributed by atoms with Crippen LogP contribution in [0.15, 0.2) is 10.6 Å². The molecular weight excluding hydrogens is 146 g/mol. The minimum atomic E-state index is -1.30. The summed E-state index contributed by atoms with van der Waals surface area (Å²) in [6.45, 7) is 1.97. The van der Waals surface area contributed by atoms with Crippen molar-refractivity contribution >= 4 is 5.97 Å². The summed E-state index contributed by atoms with van der Waals surface area (Å²) in [5.41, 5.74) is -0.131. The third kappa shape index (κ3) is 1.80. The van der Waals surface area contributed by atoms with Gasteiger partial charge in [-0.05, 0) is 6.42 Å². The van der Waals surface area contributed by atoms with E-state index in [4.69, 9.17) is 4.52 Å². The zero-order valence-electron chi connectivity index (χ0n) is 6.16. The Morgan fingerprint density at radius 2 is 2.55 bits per heavy atom. The predicted molar refractivity (Wildman–Crippen MR) is 34.8 cm³/mol. The van der Waals surface area contributed by atoms with E-state index in [0.29, 0.717) is 12.2 Å². The number of aromatic carboxylic acids is 1. The van der Waals surface area contributed by atoms with Crippen molar-refractivity contribution in [1.29, 1.82) is 0 Å². The summed E-state index contributed by atoms with van der Waals surface area (Å²) >= 11 is 0. The third-order valence-electron chi connectivity index (χ3n) is 1.26. The number of nitrogens with zero attached hydrogens (tertiary/aromatic N) is 1. The average Bonchev–Trinajstić information content (AvgIpc) is 2.37. The van der Waals surface area contributed by atoms with E-state index in [2.05, 4.69) is 5.16 Å². The summed E-state index contributed by atoms with van der Waals surface area (Å²) in [7, 11) is 0. The van der Waals surface area contributed by atoms with Gasteiger partial charge in [-0.2, -0.15) is 0 Å². The summed E-state index contributed by atoms with van der Waals surface area (Å²) in [6.07, 6.45) is 1.61. The molecule has 1 aromatic heterocycles. The molecule has 60 valence electrons. The first-order valence-corrected chi connectivity index (χ1v) is 3.41. The highest BCUT2D eigenvalue weighted by Gasteiger charge is 2.02. The molecule has 4 heteroatoms. The van der Waals surface area contributed by atoms with Gasteiger partial charge < -0.3 is 14.4 Å². The molecule has 0 aliphatic rings. The molecule has 1 heterocycles. The lowest BCUT2D eigenvalue weighted by molar-refractivity contribution is -0.255. The van der Waals surface area contributed by atoms with Gasteiger partial charge in [-0.15, -0.1) is 0 Å². The molecule has 0 aliphatic heterocycles. The normalized spacial score (nSPS) is 9.91. The molecule has 0 aliphatic carbocycles. The molecule has 1 rings (SSSR count). The highest BCUT2D eigenvalue weighted by molar-refractivity contribution is 5.83. The average molecular weight is 154 g/mol. The highest BCUT2D eigenvalue weighted by Crippen LogP contribution is 2.04. The van der Waals surface area contributed by atoms with Crippen molar-refractivity contribution in [2.75, 3.05) is 0 Å². The largest absolute Gasteiger partial charge is 0.543 e. The Hall–Kier alpha value is -1.32. The first kappa shape index (κ1) is 7.78. The van der Waals surface area contributed by atoms with Crippen LogP contribution < -0.4 is 5.11 Å². The summed E-state index contributed by atoms with van der Waals surface area (Å²) < 4.78 is 4.70. The number of hydrogen-bond donors (Lipinski definition) is 0. The van der Waals surface area contributed by atoms with Crippen LogP contribution in [0.5, 0.6) is 0 Å². The zero-order valence-corrected chi connectivity index (χ0v) is 6.16. The van der Waals surface area contributed by atoms with Gasteiger partial charge in [-0.25, -0.2) is 0 Å². The Morgan fingerprint density at radius 3 is 3.00 bits per heavy atom. The van der Waals surface area contributed by atoms with E-state index in [0.717, 1.165) is 6.42 Å². The smallest absolute Gasteiger partial charge is 0.137 e. The standard InChI is InChI=1S/C7H9NO3/c1-2-3-5-4-6(7(9)10)8-11-5/h4H,2-3H2,1H3,(H,9,10)/p-1. The van der Waals surface area contributed by atoms with Gasteiger partial charge in [0, 0.05) is 12.5 Å². The van der Waals surface area contributed by atoms with Crippen molar-refractivity contribution in [3.63, 3.8) is 0 Å². The van der Waals surface area contributed by atoms with Gasteiger partial charge in [-0.3, -0.25) is 0 Å². The molecule has 0 N–H and O–H groups in total. The molecule has 1 aromatic rings. The highest BCUT2D eigenvalue weighted by atomic mass is 16.5. The maximum absolute atomic E-state index is 10.2. The van der Waals surface area contributed by atoms with E-state index in [1.165, 1.54) is 6.07 Å². The second-order valence-corrected chi connectivity index (χ2v) is 2.22. The maximum atomic E-state index is 10.2. The van der Waals surface area contributed by atoms with Gasteiger partial charge in [0.2, 0.25) is 0 Å². The van der Waals surface area contributed by atoms with E-state index in [1.54, 1.807) is 0 Å². The number of rotatable bonds is 3. The first-order valence-electron chi connectivity index (χ1n) is 3.41. The molecule has 0 saturated carbocycles. The molecule has 0 saturated heterocycles. The number of carboxylic acid groups (broad SMARTS) is 1. The minimum absolute atomic E-state index is 0.131. The van der Waals surface area contributed by atoms with Crippen molar-refractivity contribution in [2.45, 2.75) is 19.8 Å². The van der Waals surface area contributed by atoms with Crippen molar-refractivity contribution < 1.29 is 14.4 Å². The lowest BCUT2D eigenvalue weighted by Gasteiger charge is -1.89. The Bertz CT molecular complexity index is 254. The van der Waals surface area contributed by atoms with Crippen molar-refractivity contribution in [2.24, 2.45) is 0 Å². The summed E-state index contributed by atoms with van der Waals surface area (Å²) in [4.78, 5) is 10.2.